The molecule has 0 aromatic carbocycles. The normalized spacial score (nSPS) is 24.5. The van der Waals surface area contributed by atoms with E-state index in [0.29, 0.717) is 17.7 Å². The van der Waals surface area contributed by atoms with E-state index in [-0.39, 0.29) is 0 Å². The molecule has 2 unspecified atom stereocenters. The summed E-state index contributed by atoms with van der Waals surface area (Å²) in [5.41, 5.74) is 1.32. The van der Waals surface area contributed by atoms with Crippen molar-refractivity contribution in [1.82, 2.24) is 9.97 Å². The Labute approximate surface area is 102 Å². The predicted molar refractivity (Wildman–Crippen MR) is 66.7 cm³/mol. The highest BCUT2D eigenvalue weighted by atomic mass is 15.3. The van der Waals surface area contributed by atoms with E-state index in [1.807, 2.05) is 6.92 Å². The summed E-state index contributed by atoms with van der Waals surface area (Å²) < 4.78 is 0. The Balaban J connectivity index is 2.28. The molecule has 2 atom stereocenters. The molecule has 2 heterocycles. The van der Waals surface area contributed by atoms with Gasteiger partial charge in [0.25, 0.3) is 0 Å². The van der Waals surface area contributed by atoms with E-state index in [0.717, 1.165) is 18.2 Å². The van der Waals surface area contributed by atoms with E-state index in [9.17, 15) is 0 Å². The van der Waals surface area contributed by atoms with Crippen LogP contribution in [0.25, 0.3) is 0 Å². The first-order valence-corrected chi connectivity index (χ1v) is 6.12. The summed E-state index contributed by atoms with van der Waals surface area (Å²) in [5, 5.41) is 8.93. The minimum atomic E-state index is 0.451. The lowest BCUT2D eigenvalue weighted by Crippen LogP contribution is -2.41. The fraction of sp³-hybridized carbons (Fsp3) is 0.615. The van der Waals surface area contributed by atoms with Crippen LogP contribution in [-0.4, -0.2) is 22.6 Å². The molecule has 0 saturated carbocycles. The Morgan fingerprint density at radius 3 is 2.82 bits per heavy atom. The van der Waals surface area contributed by atoms with Crippen LogP contribution in [0.5, 0.6) is 0 Å². The molecule has 1 fully saturated rings. The molecule has 4 heteroatoms. The second kappa shape index (κ2) is 4.70. The molecule has 1 aromatic rings. The second-order valence-corrected chi connectivity index (χ2v) is 4.98. The van der Waals surface area contributed by atoms with Crippen molar-refractivity contribution in [3.05, 3.63) is 17.5 Å². The lowest BCUT2D eigenvalue weighted by Gasteiger charge is -2.36. The van der Waals surface area contributed by atoms with Crippen LogP contribution in [0.4, 0.5) is 5.95 Å². The smallest absolute Gasteiger partial charge is 0.227 e. The van der Waals surface area contributed by atoms with Crippen molar-refractivity contribution >= 4 is 5.95 Å². The van der Waals surface area contributed by atoms with Crippen molar-refractivity contribution in [2.75, 3.05) is 11.4 Å². The lowest BCUT2D eigenvalue weighted by atomic mass is 9.94. The largest absolute Gasteiger partial charge is 0.338 e. The Kier molecular flexibility index (Phi) is 3.28. The first-order valence-electron chi connectivity index (χ1n) is 6.12. The molecule has 4 nitrogen and oxygen atoms in total. The maximum Gasteiger partial charge on any atom is 0.227 e. The Morgan fingerprint density at radius 1 is 1.41 bits per heavy atom. The second-order valence-electron chi connectivity index (χ2n) is 4.98. The highest BCUT2D eigenvalue weighted by Crippen LogP contribution is 2.25. The standard InChI is InChI=1S/C13H18N4/c1-9-4-5-17(11(3)6-9)13-15-10(2)7-12(8-14)16-13/h7,9,11H,4-6H2,1-3H3. The van der Waals surface area contributed by atoms with Crippen molar-refractivity contribution in [3.8, 4) is 6.07 Å². The van der Waals surface area contributed by atoms with Crippen LogP contribution < -0.4 is 4.90 Å². The average molecular weight is 230 g/mol. The van der Waals surface area contributed by atoms with Crippen molar-refractivity contribution in [2.24, 2.45) is 5.92 Å². The molecule has 0 amide bonds. The highest BCUT2D eigenvalue weighted by Gasteiger charge is 2.25. The van der Waals surface area contributed by atoms with Crippen LogP contribution in [0, 0.1) is 24.2 Å². The van der Waals surface area contributed by atoms with Crippen LogP contribution >= 0.6 is 0 Å². The molecule has 1 saturated heterocycles. The maximum absolute atomic E-state index is 8.93. The van der Waals surface area contributed by atoms with Gasteiger partial charge in [0.15, 0.2) is 0 Å². The number of hydrogen-bond acceptors (Lipinski definition) is 4. The molecule has 1 aliphatic heterocycles. The van der Waals surface area contributed by atoms with Crippen LogP contribution in [0.2, 0.25) is 0 Å². The van der Waals surface area contributed by atoms with Crippen molar-refractivity contribution in [2.45, 2.75) is 39.7 Å². The lowest BCUT2D eigenvalue weighted by molar-refractivity contribution is 0.373. The van der Waals surface area contributed by atoms with Crippen LogP contribution in [0.1, 0.15) is 38.1 Å². The van der Waals surface area contributed by atoms with Crippen molar-refractivity contribution in [1.29, 1.82) is 5.26 Å². The first-order chi connectivity index (χ1) is 8.10. The SMILES string of the molecule is Cc1cc(C#N)nc(N2CCC(C)CC2C)n1. The molecule has 0 spiro atoms. The van der Waals surface area contributed by atoms with E-state index >= 15 is 0 Å². The summed E-state index contributed by atoms with van der Waals surface area (Å²) in [7, 11) is 0. The van der Waals surface area contributed by atoms with Crippen LogP contribution in [-0.2, 0) is 0 Å². The molecule has 17 heavy (non-hydrogen) atoms. The molecular weight excluding hydrogens is 212 g/mol. The first kappa shape index (κ1) is 11.8. The number of piperidine rings is 1. The Morgan fingerprint density at radius 2 is 2.18 bits per heavy atom. The molecule has 2 rings (SSSR count). The molecule has 1 aromatic heterocycles. The number of aromatic nitrogens is 2. The van der Waals surface area contributed by atoms with E-state index < -0.39 is 0 Å². The van der Waals surface area contributed by atoms with Gasteiger partial charge in [-0.15, -0.1) is 0 Å². The van der Waals surface area contributed by atoms with Crippen LogP contribution in [0.15, 0.2) is 6.07 Å². The van der Waals surface area contributed by atoms with Gasteiger partial charge in [-0.3, -0.25) is 0 Å². The van der Waals surface area contributed by atoms with E-state index in [1.54, 1.807) is 6.07 Å². The molecule has 0 aliphatic carbocycles. The minimum Gasteiger partial charge on any atom is -0.338 e. The molecule has 0 N–H and O–H groups in total. The summed E-state index contributed by atoms with van der Waals surface area (Å²) in [5.74, 6) is 1.47. The fourth-order valence-corrected chi connectivity index (χ4v) is 2.44. The maximum atomic E-state index is 8.93. The van der Waals surface area contributed by atoms with Gasteiger partial charge >= 0.3 is 0 Å². The Hall–Kier alpha value is -1.63. The third kappa shape index (κ3) is 2.55. The molecule has 90 valence electrons. The third-order valence-corrected chi connectivity index (χ3v) is 3.35. The zero-order valence-electron chi connectivity index (χ0n) is 10.6. The number of rotatable bonds is 1. The average Bonchev–Trinajstić information content (AvgIpc) is 2.28. The zero-order valence-corrected chi connectivity index (χ0v) is 10.6. The quantitative estimate of drug-likeness (QED) is 0.742. The number of aryl methyl sites for hydroxylation is 1. The van der Waals surface area contributed by atoms with Crippen molar-refractivity contribution < 1.29 is 0 Å². The molecular formula is C13H18N4. The van der Waals surface area contributed by atoms with Gasteiger partial charge in [-0.25, -0.2) is 9.97 Å². The van der Waals surface area contributed by atoms with Crippen LogP contribution in [0.3, 0.4) is 0 Å². The summed E-state index contributed by atoms with van der Waals surface area (Å²) in [6.45, 7) is 7.37. The van der Waals surface area contributed by atoms with Gasteiger partial charge in [0.05, 0.1) is 0 Å². The molecule has 1 aliphatic rings. The Bertz CT molecular complexity index is 449. The van der Waals surface area contributed by atoms with Gasteiger partial charge in [0.1, 0.15) is 11.8 Å². The fourth-order valence-electron chi connectivity index (χ4n) is 2.44. The topological polar surface area (TPSA) is 52.8 Å². The van der Waals surface area contributed by atoms with E-state index in [4.69, 9.17) is 5.26 Å². The summed E-state index contributed by atoms with van der Waals surface area (Å²) in [4.78, 5) is 11.0. The van der Waals surface area contributed by atoms with Crippen molar-refractivity contribution in [3.63, 3.8) is 0 Å². The summed E-state index contributed by atoms with van der Waals surface area (Å²) in [6.07, 6.45) is 2.34. The summed E-state index contributed by atoms with van der Waals surface area (Å²) >= 11 is 0. The van der Waals surface area contributed by atoms with E-state index in [2.05, 4.69) is 34.8 Å². The number of anilines is 1. The van der Waals surface area contributed by atoms with Gasteiger partial charge in [-0.2, -0.15) is 5.26 Å². The monoisotopic (exact) mass is 230 g/mol. The minimum absolute atomic E-state index is 0.451. The third-order valence-electron chi connectivity index (χ3n) is 3.35. The number of nitrogens with zero attached hydrogens (tertiary/aromatic N) is 4. The number of hydrogen-bond donors (Lipinski definition) is 0. The van der Waals surface area contributed by atoms with Gasteiger partial charge in [-0.05, 0) is 38.7 Å². The number of nitriles is 1. The summed E-state index contributed by atoms with van der Waals surface area (Å²) in [6, 6.07) is 4.27. The van der Waals surface area contributed by atoms with Gasteiger partial charge in [0.2, 0.25) is 5.95 Å². The zero-order chi connectivity index (χ0) is 12.4. The van der Waals surface area contributed by atoms with E-state index in [1.165, 1.54) is 12.8 Å². The molecule has 0 radical (unpaired) electrons. The molecule has 0 bridgehead atoms. The van der Waals surface area contributed by atoms with Gasteiger partial charge in [-0.1, -0.05) is 6.92 Å². The highest BCUT2D eigenvalue weighted by molar-refractivity contribution is 5.37. The van der Waals surface area contributed by atoms with Gasteiger partial charge < -0.3 is 4.90 Å². The predicted octanol–water partition coefficient (Wildman–Crippen LogP) is 2.28. The van der Waals surface area contributed by atoms with Gasteiger partial charge in [0, 0.05) is 18.3 Å².